The Labute approximate surface area is 240 Å². The van der Waals surface area contributed by atoms with E-state index in [0.717, 1.165) is 33.2 Å². The van der Waals surface area contributed by atoms with E-state index in [1.165, 1.54) is 49.9 Å². The second-order valence-corrected chi connectivity index (χ2v) is 10.0. The van der Waals surface area contributed by atoms with Crippen LogP contribution < -0.4 is 10.2 Å². The van der Waals surface area contributed by atoms with E-state index in [0.29, 0.717) is 0 Å². The predicted molar refractivity (Wildman–Crippen MR) is 148 cm³/mol. The first-order valence-corrected chi connectivity index (χ1v) is 15.0. The van der Waals surface area contributed by atoms with E-state index in [9.17, 15) is 10.2 Å². The van der Waals surface area contributed by atoms with Gasteiger partial charge in [0.05, 0.1) is 0 Å². The van der Waals surface area contributed by atoms with Gasteiger partial charge in [-0.25, -0.2) is 0 Å². The van der Waals surface area contributed by atoms with Crippen LogP contribution in [0.3, 0.4) is 0 Å². The van der Waals surface area contributed by atoms with Crippen molar-refractivity contribution in [1.82, 2.24) is 0 Å². The van der Waals surface area contributed by atoms with Crippen LogP contribution in [0.5, 0.6) is 11.5 Å². The third kappa shape index (κ3) is 13.4. The molecular formula is C32H39O2SiZr. The van der Waals surface area contributed by atoms with Crippen molar-refractivity contribution in [3.05, 3.63) is 122 Å². The van der Waals surface area contributed by atoms with Gasteiger partial charge in [0, 0.05) is 9.52 Å². The maximum atomic E-state index is 10.3. The van der Waals surface area contributed by atoms with Crippen LogP contribution in [0.2, 0.25) is 13.1 Å². The van der Waals surface area contributed by atoms with Crippen LogP contribution in [-0.4, -0.2) is 9.52 Å². The van der Waals surface area contributed by atoms with Crippen LogP contribution in [0, 0.1) is 36.5 Å². The summed E-state index contributed by atoms with van der Waals surface area (Å²) in [6.45, 7) is 4.42. The van der Waals surface area contributed by atoms with Crippen LogP contribution in [0.4, 0.5) is 0 Å². The van der Waals surface area contributed by atoms with Crippen molar-refractivity contribution in [2.45, 2.75) is 38.8 Å². The fourth-order valence-corrected chi connectivity index (χ4v) is 4.23. The first-order valence-electron chi connectivity index (χ1n) is 12.7. The second kappa shape index (κ2) is 20.2. The molecule has 0 saturated heterocycles. The number of rotatable bonds is 0. The average molecular weight is 575 g/mol. The molecule has 0 heterocycles. The minimum atomic E-state index is 0. The summed E-state index contributed by atoms with van der Waals surface area (Å²) in [6.07, 6.45) is 28.1. The first kappa shape index (κ1) is 32.1. The van der Waals surface area contributed by atoms with Crippen molar-refractivity contribution in [3.63, 3.8) is 0 Å². The van der Waals surface area contributed by atoms with Crippen molar-refractivity contribution < 1.29 is 36.4 Å². The third-order valence-corrected chi connectivity index (χ3v) is 5.96. The summed E-state index contributed by atoms with van der Waals surface area (Å²) in [4.78, 5) is 0. The summed E-state index contributed by atoms with van der Waals surface area (Å²) < 4.78 is 0. The Hall–Kier alpha value is -1.90. The van der Waals surface area contributed by atoms with E-state index in [4.69, 9.17) is 0 Å². The molecule has 0 amide bonds. The summed E-state index contributed by atoms with van der Waals surface area (Å²) in [5.41, 5.74) is 0. The first-order chi connectivity index (χ1) is 17.1. The van der Waals surface area contributed by atoms with Gasteiger partial charge in [0.1, 0.15) is 0 Å². The predicted octanol–water partition coefficient (Wildman–Crippen LogP) is 6.72. The van der Waals surface area contributed by atoms with Gasteiger partial charge in [0.15, 0.2) is 0 Å². The summed E-state index contributed by atoms with van der Waals surface area (Å²) in [6, 6.07) is 16.7. The Morgan fingerprint density at radius 2 is 0.944 bits per heavy atom. The third-order valence-electron chi connectivity index (χ3n) is 5.96. The maximum absolute atomic E-state index is 10.3. The standard InChI is InChI=1S/2C9H11.2C6H6O.C2H7Si.Zr/c2*1-2-5-9-7-3-6-8(9)4-1;2*7-6-4-2-1-3-5-6;1-3-2;/h2*1-2,4-6,8-9H,3,7H2;2*1-5,7H;3H,1-2H3;/q2*-1;;;;+4/p-2. The summed E-state index contributed by atoms with van der Waals surface area (Å²) >= 11 is 0. The van der Waals surface area contributed by atoms with Crippen molar-refractivity contribution >= 4 is 9.52 Å². The fourth-order valence-electron chi connectivity index (χ4n) is 4.23. The molecule has 4 aliphatic rings. The quantitative estimate of drug-likeness (QED) is 0.259. The van der Waals surface area contributed by atoms with Crippen LogP contribution in [0.25, 0.3) is 0 Å². The van der Waals surface area contributed by atoms with Crippen molar-refractivity contribution in [2.24, 2.45) is 23.7 Å². The Morgan fingerprint density at radius 1 is 0.611 bits per heavy atom. The minimum absolute atomic E-state index is 0. The van der Waals surface area contributed by atoms with E-state index in [-0.39, 0.29) is 37.7 Å². The number of hydrogen-bond acceptors (Lipinski definition) is 2. The molecule has 187 valence electrons. The molecule has 36 heavy (non-hydrogen) atoms. The molecule has 6 rings (SSSR count). The smallest absolute Gasteiger partial charge is 0.872 e. The largest absolute Gasteiger partial charge is 4.00 e. The topological polar surface area (TPSA) is 46.1 Å². The van der Waals surface area contributed by atoms with Gasteiger partial charge in [-0.05, 0) is 11.8 Å². The van der Waals surface area contributed by atoms with E-state index in [1.54, 1.807) is 24.3 Å². The molecular weight excluding hydrogens is 536 g/mol. The van der Waals surface area contributed by atoms with Gasteiger partial charge in [-0.15, -0.1) is 35.5 Å². The molecule has 0 aromatic heterocycles. The van der Waals surface area contributed by atoms with Gasteiger partial charge < -0.3 is 23.1 Å². The van der Waals surface area contributed by atoms with Gasteiger partial charge in [-0.3, -0.25) is 0 Å². The molecule has 0 bridgehead atoms. The molecule has 4 aliphatic carbocycles. The van der Waals surface area contributed by atoms with Gasteiger partial charge in [0.2, 0.25) is 0 Å². The van der Waals surface area contributed by atoms with E-state index < -0.39 is 0 Å². The van der Waals surface area contributed by atoms with E-state index in [2.05, 4.69) is 74.5 Å². The van der Waals surface area contributed by atoms with Crippen LogP contribution >= 0.6 is 0 Å². The number of allylic oxidation sites excluding steroid dienone is 8. The Balaban J connectivity index is 0.000000231. The van der Waals surface area contributed by atoms with Gasteiger partial charge in [-0.1, -0.05) is 123 Å². The summed E-state index contributed by atoms with van der Waals surface area (Å²) in [5, 5.41) is 20.5. The maximum Gasteiger partial charge on any atom is 4.00 e. The van der Waals surface area contributed by atoms with Gasteiger partial charge >= 0.3 is 26.2 Å². The number of benzene rings is 2. The SMILES string of the molecule is C1=CC2[CH-]CCC2C=C1.C1=CC2[CH-]CCC2C=C1.C[SiH]C.[O-]c1ccccc1.[O-]c1ccccc1.[Zr+4]. The molecule has 0 N–H and O–H groups in total. The molecule has 0 spiro atoms. The van der Waals surface area contributed by atoms with Crippen molar-refractivity contribution in [2.75, 3.05) is 0 Å². The zero-order chi connectivity index (χ0) is 25.1. The van der Waals surface area contributed by atoms with Gasteiger partial charge in [-0.2, -0.15) is 12.8 Å². The van der Waals surface area contributed by atoms with E-state index in [1.807, 2.05) is 12.1 Å². The molecule has 2 nitrogen and oxygen atoms in total. The molecule has 2 aromatic carbocycles. The Bertz CT molecular complexity index is 797. The second-order valence-electron chi connectivity index (χ2n) is 8.85. The van der Waals surface area contributed by atoms with Crippen molar-refractivity contribution in [3.8, 4) is 11.5 Å². The summed E-state index contributed by atoms with van der Waals surface area (Å²) in [5.74, 6) is 3.38. The van der Waals surface area contributed by atoms with Crippen LogP contribution in [0.15, 0.2) is 109 Å². The number of fused-ring (bicyclic) bond motifs is 2. The molecule has 4 atom stereocenters. The zero-order valence-electron chi connectivity index (χ0n) is 21.6. The molecule has 2 aromatic rings. The normalized spacial score (nSPS) is 23.4. The Morgan fingerprint density at radius 3 is 1.22 bits per heavy atom. The van der Waals surface area contributed by atoms with E-state index >= 15 is 0 Å². The fraction of sp³-hybridized carbons (Fsp3) is 0.312. The number of para-hydroxylation sites is 2. The Kier molecular flexibility index (Phi) is 18.0. The molecule has 2 saturated carbocycles. The molecule has 2 fully saturated rings. The molecule has 1 radical (unpaired) electrons. The molecule has 0 aliphatic heterocycles. The summed E-state index contributed by atoms with van der Waals surface area (Å²) in [7, 11) is 0.750. The molecule has 4 unspecified atom stereocenters. The number of hydrogen-bond donors (Lipinski definition) is 0. The van der Waals surface area contributed by atoms with Crippen molar-refractivity contribution in [1.29, 1.82) is 0 Å². The monoisotopic (exact) mass is 573 g/mol. The van der Waals surface area contributed by atoms with Crippen LogP contribution in [0.1, 0.15) is 25.7 Å². The average Bonchev–Trinajstić information content (AvgIpc) is 3.56. The molecule has 4 heteroatoms. The zero-order valence-corrected chi connectivity index (χ0v) is 25.2. The van der Waals surface area contributed by atoms with Crippen LogP contribution in [-0.2, 0) is 26.2 Å². The minimum Gasteiger partial charge on any atom is -0.872 e. The van der Waals surface area contributed by atoms with Gasteiger partial charge in [0.25, 0.3) is 0 Å².